The van der Waals surface area contributed by atoms with Crippen LogP contribution in [-0.2, 0) is 6.42 Å². The SMILES string of the molecule is O=C(c1cccc2nccnc12)N1C[C@@H](Cc2ccnc3ccccc23)[C@H](O)C1. The molecule has 1 aliphatic heterocycles. The number of pyridine rings is 1. The van der Waals surface area contributed by atoms with Crippen molar-refractivity contribution in [3.8, 4) is 0 Å². The van der Waals surface area contributed by atoms with Gasteiger partial charge in [0.25, 0.3) is 5.91 Å². The minimum absolute atomic E-state index is 0.0224. The van der Waals surface area contributed by atoms with E-state index in [2.05, 4.69) is 21.0 Å². The Balaban J connectivity index is 1.40. The molecule has 3 heterocycles. The maximum Gasteiger partial charge on any atom is 0.256 e. The first kappa shape index (κ1) is 17.7. The second-order valence-corrected chi connectivity index (χ2v) is 7.46. The average Bonchev–Trinajstić information content (AvgIpc) is 3.13. The second-order valence-electron chi connectivity index (χ2n) is 7.46. The third kappa shape index (κ3) is 3.21. The summed E-state index contributed by atoms with van der Waals surface area (Å²) >= 11 is 0. The number of fused-ring (bicyclic) bond motifs is 2. The number of hydrogen-bond acceptors (Lipinski definition) is 5. The number of β-amino-alcohol motifs (C(OH)–C–C–N with tert-alkyl or cyclic N) is 1. The normalized spacial score (nSPS) is 19.1. The first-order valence-electron chi connectivity index (χ1n) is 9.70. The van der Waals surface area contributed by atoms with Crippen molar-refractivity contribution in [2.75, 3.05) is 13.1 Å². The lowest BCUT2D eigenvalue weighted by molar-refractivity contribution is 0.0766. The summed E-state index contributed by atoms with van der Waals surface area (Å²) < 4.78 is 0. The largest absolute Gasteiger partial charge is 0.391 e. The summed E-state index contributed by atoms with van der Waals surface area (Å²) in [6, 6.07) is 15.4. The monoisotopic (exact) mass is 384 g/mol. The maximum atomic E-state index is 13.2. The van der Waals surface area contributed by atoms with Gasteiger partial charge in [-0.15, -0.1) is 0 Å². The van der Waals surface area contributed by atoms with E-state index in [1.165, 1.54) is 0 Å². The van der Waals surface area contributed by atoms with Crippen LogP contribution in [0.3, 0.4) is 0 Å². The third-order valence-electron chi connectivity index (χ3n) is 5.64. The number of amides is 1. The van der Waals surface area contributed by atoms with Crippen LogP contribution in [-0.4, -0.2) is 50.1 Å². The topological polar surface area (TPSA) is 79.2 Å². The molecular formula is C23H20N4O2. The van der Waals surface area contributed by atoms with Crippen molar-refractivity contribution >= 4 is 27.8 Å². The molecule has 0 spiro atoms. The van der Waals surface area contributed by atoms with Gasteiger partial charge in [0.1, 0.15) is 5.52 Å². The van der Waals surface area contributed by atoms with Gasteiger partial charge >= 0.3 is 0 Å². The van der Waals surface area contributed by atoms with Crippen molar-refractivity contribution in [1.82, 2.24) is 19.9 Å². The van der Waals surface area contributed by atoms with Crippen LogP contribution < -0.4 is 0 Å². The molecule has 5 rings (SSSR count). The van der Waals surface area contributed by atoms with Crippen LogP contribution in [0.25, 0.3) is 21.9 Å². The summed E-state index contributed by atoms with van der Waals surface area (Å²) in [7, 11) is 0. The number of likely N-dealkylation sites (tertiary alicyclic amines) is 1. The highest BCUT2D eigenvalue weighted by molar-refractivity contribution is 6.04. The Kier molecular flexibility index (Phi) is 4.41. The molecule has 0 bridgehead atoms. The van der Waals surface area contributed by atoms with Gasteiger partial charge in [-0.2, -0.15) is 0 Å². The number of rotatable bonds is 3. The lowest BCUT2D eigenvalue weighted by Crippen LogP contribution is -2.30. The van der Waals surface area contributed by atoms with Crippen LogP contribution >= 0.6 is 0 Å². The van der Waals surface area contributed by atoms with Crippen LogP contribution in [0.5, 0.6) is 0 Å². The Hall–Kier alpha value is -3.38. The number of aromatic nitrogens is 3. The third-order valence-corrected chi connectivity index (χ3v) is 5.64. The quantitative estimate of drug-likeness (QED) is 0.588. The molecule has 29 heavy (non-hydrogen) atoms. The van der Waals surface area contributed by atoms with Crippen molar-refractivity contribution in [3.05, 3.63) is 78.2 Å². The van der Waals surface area contributed by atoms with E-state index >= 15 is 0 Å². The zero-order valence-corrected chi connectivity index (χ0v) is 15.8. The van der Waals surface area contributed by atoms with Gasteiger partial charge in [-0.25, -0.2) is 0 Å². The number of hydrogen-bond donors (Lipinski definition) is 1. The smallest absolute Gasteiger partial charge is 0.256 e. The van der Waals surface area contributed by atoms with Crippen molar-refractivity contribution in [1.29, 1.82) is 0 Å². The van der Waals surface area contributed by atoms with E-state index in [0.717, 1.165) is 16.5 Å². The van der Waals surface area contributed by atoms with Crippen molar-refractivity contribution in [2.24, 2.45) is 5.92 Å². The van der Waals surface area contributed by atoms with Gasteiger partial charge in [-0.1, -0.05) is 24.3 Å². The van der Waals surface area contributed by atoms with Gasteiger partial charge < -0.3 is 10.0 Å². The first-order chi connectivity index (χ1) is 14.2. The highest BCUT2D eigenvalue weighted by Crippen LogP contribution is 2.27. The molecule has 1 fully saturated rings. The summed E-state index contributed by atoms with van der Waals surface area (Å²) in [6.07, 6.45) is 5.15. The number of aliphatic hydroxyl groups is 1. The predicted octanol–water partition coefficient (Wildman–Crippen LogP) is 2.85. The molecule has 6 heteroatoms. The standard InChI is InChI=1S/C23H20N4O2/c28-21-14-27(23(29)18-5-3-7-20-22(18)26-11-10-25-20)13-16(21)12-15-8-9-24-19-6-2-1-4-17(15)19/h1-11,16,21,28H,12-14H2/t16-,21-/m1/s1. The van der Waals surface area contributed by atoms with Crippen LogP contribution in [0, 0.1) is 5.92 Å². The minimum Gasteiger partial charge on any atom is -0.391 e. The molecule has 144 valence electrons. The molecule has 0 aliphatic carbocycles. The fourth-order valence-electron chi connectivity index (χ4n) is 4.17. The molecule has 1 aliphatic rings. The molecule has 6 nitrogen and oxygen atoms in total. The first-order valence-corrected chi connectivity index (χ1v) is 9.70. The highest BCUT2D eigenvalue weighted by atomic mass is 16.3. The molecule has 0 unspecified atom stereocenters. The number of carbonyl (C=O) groups is 1. The second kappa shape index (κ2) is 7.22. The molecular weight excluding hydrogens is 364 g/mol. The Morgan fingerprint density at radius 3 is 2.66 bits per heavy atom. The van der Waals surface area contributed by atoms with E-state index in [-0.39, 0.29) is 11.8 Å². The summed E-state index contributed by atoms with van der Waals surface area (Å²) in [4.78, 5) is 27.9. The molecule has 0 radical (unpaired) electrons. The molecule has 2 atom stereocenters. The molecule has 1 N–H and O–H groups in total. The fourth-order valence-corrected chi connectivity index (χ4v) is 4.17. The molecule has 0 saturated carbocycles. The zero-order chi connectivity index (χ0) is 19.8. The lowest BCUT2D eigenvalue weighted by atomic mass is 9.94. The summed E-state index contributed by atoms with van der Waals surface area (Å²) in [5.74, 6) is -0.136. The van der Waals surface area contributed by atoms with E-state index in [4.69, 9.17) is 0 Å². The van der Waals surface area contributed by atoms with Crippen molar-refractivity contribution < 1.29 is 9.90 Å². The number of aliphatic hydroxyl groups excluding tert-OH is 1. The molecule has 4 aromatic rings. The zero-order valence-electron chi connectivity index (χ0n) is 15.8. The Bertz CT molecular complexity index is 1200. The summed E-state index contributed by atoms with van der Waals surface area (Å²) in [6.45, 7) is 0.830. The molecule has 2 aromatic heterocycles. The Labute approximate surface area is 167 Å². The number of para-hydroxylation sites is 2. The van der Waals surface area contributed by atoms with E-state index in [1.807, 2.05) is 36.4 Å². The predicted molar refractivity (Wildman–Crippen MR) is 110 cm³/mol. The van der Waals surface area contributed by atoms with Crippen LogP contribution in [0.4, 0.5) is 0 Å². The summed E-state index contributed by atoms with van der Waals surface area (Å²) in [5.41, 5.74) is 3.90. The number of nitrogens with zero attached hydrogens (tertiary/aromatic N) is 4. The Morgan fingerprint density at radius 2 is 1.72 bits per heavy atom. The van der Waals surface area contributed by atoms with E-state index < -0.39 is 6.10 Å². The van der Waals surface area contributed by atoms with Crippen molar-refractivity contribution in [2.45, 2.75) is 12.5 Å². The van der Waals surface area contributed by atoms with Gasteiger partial charge in [0.2, 0.25) is 0 Å². The minimum atomic E-state index is -0.563. The molecule has 1 saturated heterocycles. The Morgan fingerprint density at radius 1 is 0.931 bits per heavy atom. The molecule has 2 aromatic carbocycles. The van der Waals surface area contributed by atoms with E-state index in [1.54, 1.807) is 29.6 Å². The van der Waals surface area contributed by atoms with Crippen LogP contribution in [0.1, 0.15) is 15.9 Å². The van der Waals surface area contributed by atoms with Crippen LogP contribution in [0.2, 0.25) is 0 Å². The van der Waals surface area contributed by atoms with Gasteiger partial charge in [0, 0.05) is 43.0 Å². The number of carbonyl (C=O) groups excluding carboxylic acids is 1. The van der Waals surface area contributed by atoms with Crippen LogP contribution in [0.15, 0.2) is 67.1 Å². The fraction of sp³-hybridized carbons (Fsp3) is 0.217. The van der Waals surface area contributed by atoms with Gasteiger partial charge in [0.05, 0.1) is 22.7 Å². The highest BCUT2D eigenvalue weighted by Gasteiger charge is 2.35. The van der Waals surface area contributed by atoms with E-state index in [0.29, 0.717) is 36.1 Å². The van der Waals surface area contributed by atoms with Gasteiger partial charge in [0.15, 0.2) is 0 Å². The number of benzene rings is 2. The molecule has 1 amide bonds. The average molecular weight is 384 g/mol. The lowest BCUT2D eigenvalue weighted by Gasteiger charge is -2.17. The van der Waals surface area contributed by atoms with Crippen molar-refractivity contribution in [3.63, 3.8) is 0 Å². The maximum absolute atomic E-state index is 13.2. The van der Waals surface area contributed by atoms with Gasteiger partial charge in [-0.05, 0) is 36.2 Å². The van der Waals surface area contributed by atoms with E-state index in [9.17, 15) is 9.90 Å². The van der Waals surface area contributed by atoms with Gasteiger partial charge in [-0.3, -0.25) is 19.7 Å². The summed E-state index contributed by atoms with van der Waals surface area (Å²) in [5, 5.41) is 11.8.